The predicted molar refractivity (Wildman–Crippen MR) is 79.0 cm³/mol. The maximum atomic E-state index is 11.7. The number of carbonyl (C=O) groups excluding carboxylic acids is 3. The number of rotatable bonds is 4. The molecule has 0 aromatic rings. The van der Waals surface area contributed by atoms with Crippen LogP contribution in [0.2, 0.25) is 0 Å². The first-order valence-electron chi connectivity index (χ1n) is 6.69. The molecule has 0 bridgehead atoms. The molecule has 120 valence electrons. The number of thioether (sulfide) groups is 1. The molecular formula is C13H22N2O5S. The van der Waals surface area contributed by atoms with Crippen molar-refractivity contribution in [3.8, 4) is 0 Å². The van der Waals surface area contributed by atoms with E-state index < -0.39 is 36.2 Å². The third-order valence-corrected chi connectivity index (χ3v) is 3.72. The van der Waals surface area contributed by atoms with Crippen molar-refractivity contribution in [1.29, 1.82) is 0 Å². The number of nitrogens with one attached hydrogen (secondary N) is 2. The van der Waals surface area contributed by atoms with E-state index in [0.717, 1.165) is 0 Å². The van der Waals surface area contributed by atoms with Crippen LogP contribution in [-0.4, -0.2) is 54.3 Å². The lowest BCUT2D eigenvalue weighted by Gasteiger charge is -2.19. The summed E-state index contributed by atoms with van der Waals surface area (Å²) in [4.78, 5) is 34.6. The summed E-state index contributed by atoms with van der Waals surface area (Å²) in [5, 5.41) is 5.59. The lowest BCUT2D eigenvalue weighted by Crippen LogP contribution is -2.39. The normalized spacial score (nSPS) is 21.7. The molecule has 0 radical (unpaired) electrons. The Balaban J connectivity index is 2.28. The van der Waals surface area contributed by atoms with E-state index in [0.29, 0.717) is 18.2 Å². The number of ether oxygens (including phenoxy) is 2. The van der Waals surface area contributed by atoms with E-state index in [9.17, 15) is 14.4 Å². The molecule has 0 spiro atoms. The standard InChI is InChI=1S/C13H22N2O5S/c1-13(2,3)20-12(18)15-7-10(16)19-11(17)9-5-8(21-4)6-14-9/h8-9,14H,5-7H2,1-4H3,(H,15,18)/t8?,9-/m0/s1. The molecule has 0 saturated carbocycles. The van der Waals surface area contributed by atoms with Crippen molar-refractivity contribution < 1.29 is 23.9 Å². The smallest absolute Gasteiger partial charge is 0.408 e. The Morgan fingerprint density at radius 3 is 2.52 bits per heavy atom. The van der Waals surface area contributed by atoms with Gasteiger partial charge in [0.05, 0.1) is 0 Å². The molecular weight excluding hydrogens is 296 g/mol. The summed E-state index contributed by atoms with van der Waals surface area (Å²) in [5.41, 5.74) is -0.648. The van der Waals surface area contributed by atoms with E-state index in [1.807, 2.05) is 6.26 Å². The van der Waals surface area contributed by atoms with Gasteiger partial charge in [0.25, 0.3) is 0 Å². The first-order chi connectivity index (χ1) is 9.71. The van der Waals surface area contributed by atoms with Gasteiger partial charge < -0.3 is 20.1 Å². The van der Waals surface area contributed by atoms with Crippen LogP contribution in [0.3, 0.4) is 0 Å². The third kappa shape index (κ3) is 6.81. The molecule has 1 rings (SSSR count). The van der Waals surface area contributed by atoms with Gasteiger partial charge in [-0.25, -0.2) is 14.4 Å². The Labute approximate surface area is 128 Å². The van der Waals surface area contributed by atoms with Gasteiger partial charge in [-0.05, 0) is 33.4 Å². The number of amides is 1. The second kappa shape index (κ2) is 7.65. The SMILES string of the molecule is CSC1CN[C@H](C(=O)OC(=O)CNC(=O)OC(C)(C)C)C1. The molecule has 1 fully saturated rings. The van der Waals surface area contributed by atoms with Gasteiger partial charge in [-0.3, -0.25) is 0 Å². The van der Waals surface area contributed by atoms with Crippen LogP contribution in [0.25, 0.3) is 0 Å². The maximum absolute atomic E-state index is 11.7. The van der Waals surface area contributed by atoms with Crippen LogP contribution in [0.5, 0.6) is 0 Å². The van der Waals surface area contributed by atoms with E-state index in [2.05, 4.69) is 15.4 Å². The summed E-state index contributed by atoms with van der Waals surface area (Å²) < 4.78 is 9.65. The minimum Gasteiger partial charge on any atom is -0.444 e. The van der Waals surface area contributed by atoms with Crippen molar-refractivity contribution in [2.45, 2.75) is 44.1 Å². The molecule has 1 aliphatic rings. The van der Waals surface area contributed by atoms with Gasteiger partial charge in [-0.1, -0.05) is 0 Å². The molecule has 1 unspecified atom stereocenters. The monoisotopic (exact) mass is 318 g/mol. The molecule has 21 heavy (non-hydrogen) atoms. The molecule has 1 aliphatic heterocycles. The minimum atomic E-state index is -0.805. The molecule has 8 heteroatoms. The van der Waals surface area contributed by atoms with Crippen LogP contribution < -0.4 is 10.6 Å². The number of carbonyl (C=O) groups is 3. The molecule has 2 atom stereocenters. The van der Waals surface area contributed by atoms with Crippen LogP contribution in [0.15, 0.2) is 0 Å². The summed E-state index contributed by atoms with van der Waals surface area (Å²) in [7, 11) is 0. The van der Waals surface area contributed by atoms with Gasteiger partial charge in [0.15, 0.2) is 0 Å². The average Bonchev–Trinajstić information content (AvgIpc) is 2.83. The Bertz CT molecular complexity index is 408. The van der Waals surface area contributed by atoms with Crippen molar-refractivity contribution in [3.05, 3.63) is 0 Å². The molecule has 2 N–H and O–H groups in total. The molecule has 1 heterocycles. The van der Waals surface area contributed by atoms with Gasteiger partial charge in [-0.15, -0.1) is 0 Å². The quantitative estimate of drug-likeness (QED) is 0.581. The summed E-state index contributed by atoms with van der Waals surface area (Å²) in [6.07, 6.45) is 1.87. The van der Waals surface area contributed by atoms with Gasteiger partial charge in [0.1, 0.15) is 18.2 Å². The lowest BCUT2D eigenvalue weighted by atomic mass is 10.2. The molecule has 0 aromatic carbocycles. The zero-order valence-electron chi connectivity index (χ0n) is 12.7. The molecule has 7 nitrogen and oxygen atoms in total. The van der Waals surface area contributed by atoms with Crippen LogP contribution in [0.4, 0.5) is 4.79 Å². The highest BCUT2D eigenvalue weighted by molar-refractivity contribution is 7.99. The fourth-order valence-electron chi connectivity index (χ4n) is 1.74. The summed E-state index contributed by atoms with van der Waals surface area (Å²) >= 11 is 1.66. The highest BCUT2D eigenvalue weighted by Crippen LogP contribution is 2.19. The zero-order valence-corrected chi connectivity index (χ0v) is 13.5. The van der Waals surface area contributed by atoms with Crippen molar-refractivity contribution >= 4 is 29.8 Å². The fourth-order valence-corrected chi connectivity index (χ4v) is 2.39. The Hall–Kier alpha value is -1.28. The molecule has 0 aliphatic carbocycles. The molecule has 0 aromatic heterocycles. The van der Waals surface area contributed by atoms with E-state index in [1.54, 1.807) is 32.5 Å². The summed E-state index contributed by atoms with van der Waals surface area (Å²) in [6.45, 7) is 5.44. The first-order valence-corrected chi connectivity index (χ1v) is 7.97. The largest absolute Gasteiger partial charge is 0.444 e. The second-order valence-corrected chi connectivity index (χ2v) is 6.84. The maximum Gasteiger partial charge on any atom is 0.408 e. The fraction of sp³-hybridized carbons (Fsp3) is 0.769. The third-order valence-electron chi connectivity index (χ3n) is 2.70. The second-order valence-electron chi connectivity index (χ2n) is 5.70. The van der Waals surface area contributed by atoms with Gasteiger partial charge >= 0.3 is 18.0 Å². The topological polar surface area (TPSA) is 93.7 Å². The van der Waals surface area contributed by atoms with Gasteiger partial charge in [0.2, 0.25) is 0 Å². The van der Waals surface area contributed by atoms with Gasteiger partial charge in [0, 0.05) is 11.8 Å². The van der Waals surface area contributed by atoms with E-state index in [-0.39, 0.29) is 0 Å². The van der Waals surface area contributed by atoms with Gasteiger partial charge in [-0.2, -0.15) is 11.8 Å². The van der Waals surface area contributed by atoms with E-state index in [1.165, 1.54) is 0 Å². The number of alkyl carbamates (subject to hydrolysis) is 1. The number of hydrogen-bond donors (Lipinski definition) is 2. The van der Waals surface area contributed by atoms with Crippen LogP contribution in [0.1, 0.15) is 27.2 Å². The lowest BCUT2D eigenvalue weighted by molar-refractivity contribution is -0.160. The van der Waals surface area contributed by atoms with Crippen LogP contribution in [-0.2, 0) is 19.1 Å². The molecule has 1 saturated heterocycles. The zero-order chi connectivity index (χ0) is 16.0. The van der Waals surface area contributed by atoms with Crippen molar-refractivity contribution in [2.75, 3.05) is 19.3 Å². The predicted octanol–water partition coefficient (Wildman–Crippen LogP) is 0.674. The van der Waals surface area contributed by atoms with Crippen molar-refractivity contribution in [1.82, 2.24) is 10.6 Å². The first kappa shape index (κ1) is 17.8. The Kier molecular flexibility index (Phi) is 6.47. The Morgan fingerprint density at radius 2 is 2.00 bits per heavy atom. The van der Waals surface area contributed by atoms with Crippen LogP contribution in [0, 0.1) is 0 Å². The number of esters is 2. The molecule has 1 amide bonds. The highest BCUT2D eigenvalue weighted by Gasteiger charge is 2.31. The minimum absolute atomic E-state index is 0.345. The average molecular weight is 318 g/mol. The summed E-state index contributed by atoms with van der Waals surface area (Å²) in [5.74, 6) is -1.41. The Morgan fingerprint density at radius 1 is 1.33 bits per heavy atom. The van der Waals surface area contributed by atoms with E-state index >= 15 is 0 Å². The van der Waals surface area contributed by atoms with Crippen LogP contribution >= 0.6 is 11.8 Å². The van der Waals surface area contributed by atoms with E-state index in [4.69, 9.17) is 4.74 Å². The number of hydrogen-bond acceptors (Lipinski definition) is 7. The summed E-state index contributed by atoms with van der Waals surface area (Å²) in [6, 6.07) is -0.465. The van der Waals surface area contributed by atoms with Crippen molar-refractivity contribution in [3.63, 3.8) is 0 Å². The highest BCUT2D eigenvalue weighted by atomic mass is 32.2. The van der Waals surface area contributed by atoms with Crippen molar-refractivity contribution in [2.24, 2.45) is 0 Å².